The first kappa shape index (κ1) is 20.9. The third-order valence-electron chi connectivity index (χ3n) is 6.12. The number of rotatable bonds is 5. The van der Waals surface area contributed by atoms with E-state index < -0.39 is 6.09 Å². The Morgan fingerprint density at radius 3 is 2.61 bits per heavy atom. The quantitative estimate of drug-likeness (QED) is 0.502. The topological polar surface area (TPSA) is 103 Å². The number of methoxy groups -OCH3 is 1. The largest absolute Gasteiger partial charge is 0.453 e. The summed E-state index contributed by atoms with van der Waals surface area (Å²) in [5.41, 5.74) is 5.81. The highest BCUT2D eigenvalue weighted by molar-refractivity contribution is 6.02. The van der Waals surface area contributed by atoms with Gasteiger partial charge in [-0.2, -0.15) is 10.2 Å². The Hall–Kier alpha value is -3.95. The zero-order valence-electron chi connectivity index (χ0n) is 19.1. The molecule has 0 atom stereocenters. The fraction of sp³-hybridized carbons (Fsp3) is 0.348. The molecule has 170 valence electrons. The maximum atomic E-state index is 11.5. The molecule has 0 spiro atoms. The van der Waals surface area contributed by atoms with Crippen LogP contribution in [0.25, 0.3) is 33.5 Å². The van der Waals surface area contributed by atoms with E-state index in [-0.39, 0.29) is 6.04 Å². The minimum absolute atomic E-state index is 0.00798. The van der Waals surface area contributed by atoms with Crippen LogP contribution in [0.5, 0.6) is 0 Å². The van der Waals surface area contributed by atoms with E-state index in [4.69, 9.17) is 9.84 Å². The summed E-state index contributed by atoms with van der Waals surface area (Å²) in [5.74, 6) is 0.794. The minimum Gasteiger partial charge on any atom is -0.453 e. The zero-order valence-corrected chi connectivity index (χ0v) is 19.1. The number of aromatic nitrogens is 6. The molecule has 10 nitrogen and oxygen atoms in total. The number of hydrogen-bond donors (Lipinski definition) is 1. The number of carbonyl (C=O) groups is 1. The summed E-state index contributed by atoms with van der Waals surface area (Å²) < 4.78 is 8.35. The zero-order chi connectivity index (χ0) is 23.1. The number of anilines is 1. The molecular weight excluding hydrogens is 420 g/mol. The molecule has 5 rings (SSSR count). The van der Waals surface area contributed by atoms with Gasteiger partial charge in [-0.3, -0.25) is 4.68 Å². The lowest BCUT2D eigenvalue weighted by molar-refractivity contribution is 0.164. The van der Waals surface area contributed by atoms with Gasteiger partial charge in [-0.1, -0.05) is 31.2 Å². The first-order valence-electron chi connectivity index (χ1n) is 10.9. The summed E-state index contributed by atoms with van der Waals surface area (Å²) in [6, 6.07) is 8.55. The fourth-order valence-corrected chi connectivity index (χ4v) is 4.32. The van der Waals surface area contributed by atoms with Crippen LogP contribution < -0.4 is 10.2 Å². The van der Waals surface area contributed by atoms with Gasteiger partial charge in [-0.25, -0.2) is 19.4 Å². The molecule has 0 radical (unpaired) electrons. The molecule has 3 aromatic heterocycles. The third kappa shape index (κ3) is 3.57. The van der Waals surface area contributed by atoms with Gasteiger partial charge in [0.2, 0.25) is 0 Å². The predicted molar refractivity (Wildman–Crippen MR) is 125 cm³/mol. The van der Waals surface area contributed by atoms with Gasteiger partial charge in [0.25, 0.3) is 0 Å². The summed E-state index contributed by atoms with van der Waals surface area (Å²) in [4.78, 5) is 22.7. The van der Waals surface area contributed by atoms with Crippen molar-refractivity contribution in [3.63, 3.8) is 0 Å². The van der Waals surface area contributed by atoms with Crippen molar-refractivity contribution in [3.8, 4) is 22.5 Å². The standard InChI is InChI=1S/C23H26N8O2/c1-5-14-6-8-15(9-7-14)20-17(10-26-29(20)2)19-18-21(30(3)28-19)24-13-25-22(18)31-11-16(12-31)27-23(32)33-4/h6-10,13,16H,5,11-12H2,1-4H3,(H,27,32). The molecule has 10 heteroatoms. The molecule has 1 amide bonds. The van der Waals surface area contributed by atoms with Crippen LogP contribution in [0.3, 0.4) is 0 Å². The van der Waals surface area contributed by atoms with Crippen molar-refractivity contribution in [2.75, 3.05) is 25.1 Å². The van der Waals surface area contributed by atoms with Gasteiger partial charge in [0, 0.05) is 38.3 Å². The molecule has 0 saturated carbocycles. The van der Waals surface area contributed by atoms with Gasteiger partial charge in [0.1, 0.15) is 17.8 Å². The van der Waals surface area contributed by atoms with E-state index in [0.717, 1.165) is 45.8 Å². The number of ether oxygens (including phenoxy) is 1. The smallest absolute Gasteiger partial charge is 0.407 e. The van der Waals surface area contributed by atoms with Crippen LogP contribution in [0.1, 0.15) is 12.5 Å². The summed E-state index contributed by atoms with van der Waals surface area (Å²) in [7, 11) is 5.18. The van der Waals surface area contributed by atoms with E-state index in [1.807, 2.05) is 25.0 Å². The lowest BCUT2D eigenvalue weighted by Crippen LogP contribution is -2.59. The molecule has 33 heavy (non-hydrogen) atoms. The van der Waals surface area contributed by atoms with Crippen LogP contribution in [0, 0.1) is 0 Å². The van der Waals surface area contributed by atoms with Crippen LogP contribution in [0.4, 0.5) is 10.6 Å². The number of benzene rings is 1. The molecule has 0 unspecified atom stereocenters. The Labute approximate surface area is 191 Å². The second-order valence-corrected chi connectivity index (χ2v) is 8.19. The maximum absolute atomic E-state index is 11.5. The highest BCUT2D eigenvalue weighted by Gasteiger charge is 2.32. The van der Waals surface area contributed by atoms with Crippen LogP contribution in [-0.4, -0.2) is 61.9 Å². The van der Waals surface area contributed by atoms with E-state index in [0.29, 0.717) is 13.1 Å². The number of carbonyl (C=O) groups excluding carboxylic acids is 1. The second kappa shape index (κ2) is 8.19. The van der Waals surface area contributed by atoms with E-state index >= 15 is 0 Å². The Kier molecular flexibility index (Phi) is 5.20. The van der Waals surface area contributed by atoms with E-state index in [1.165, 1.54) is 12.7 Å². The normalized spacial score (nSPS) is 13.9. The molecule has 1 fully saturated rings. The van der Waals surface area contributed by atoms with Crippen LogP contribution >= 0.6 is 0 Å². The van der Waals surface area contributed by atoms with Crippen LogP contribution in [0.2, 0.25) is 0 Å². The van der Waals surface area contributed by atoms with Crippen molar-refractivity contribution >= 4 is 22.9 Å². The number of nitrogens with one attached hydrogen (secondary N) is 1. The van der Waals surface area contributed by atoms with E-state index in [2.05, 4.69) is 56.5 Å². The predicted octanol–water partition coefficient (Wildman–Crippen LogP) is 2.54. The van der Waals surface area contributed by atoms with Gasteiger partial charge < -0.3 is 15.0 Å². The number of aryl methyl sites for hydroxylation is 3. The molecular formula is C23H26N8O2. The third-order valence-corrected chi connectivity index (χ3v) is 6.12. The minimum atomic E-state index is -0.427. The molecule has 1 aromatic carbocycles. The summed E-state index contributed by atoms with van der Waals surface area (Å²) in [6.07, 6.45) is 3.96. The lowest BCUT2D eigenvalue weighted by Gasteiger charge is -2.40. The first-order chi connectivity index (χ1) is 16.0. The highest BCUT2D eigenvalue weighted by Crippen LogP contribution is 2.38. The van der Waals surface area contributed by atoms with Crippen molar-refractivity contribution in [1.82, 2.24) is 34.8 Å². The SMILES string of the molecule is CCc1ccc(-c2c(-c3nn(C)c4ncnc(N5CC(NC(=O)OC)C5)c34)cnn2C)cc1. The van der Waals surface area contributed by atoms with Crippen molar-refractivity contribution in [2.24, 2.45) is 14.1 Å². The number of nitrogens with zero attached hydrogens (tertiary/aromatic N) is 7. The van der Waals surface area contributed by atoms with Crippen molar-refractivity contribution in [3.05, 3.63) is 42.4 Å². The second-order valence-electron chi connectivity index (χ2n) is 8.19. The maximum Gasteiger partial charge on any atom is 0.407 e. The molecule has 1 saturated heterocycles. The van der Waals surface area contributed by atoms with Gasteiger partial charge in [-0.05, 0) is 12.0 Å². The van der Waals surface area contributed by atoms with Crippen LogP contribution in [0.15, 0.2) is 36.8 Å². The van der Waals surface area contributed by atoms with Crippen LogP contribution in [-0.2, 0) is 25.3 Å². The summed E-state index contributed by atoms with van der Waals surface area (Å²) in [6.45, 7) is 3.41. The summed E-state index contributed by atoms with van der Waals surface area (Å²) >= 11 is 0. The van der Waals surface area contributed by atoms with E-state index in [9.17, 15) is 4.79 Å². The number of hydrogen-bond acceptors (Lipinski definition) is 7. The van der Waals surface area contributed by atoms with Gasteiger partial charge in [0.15, 0.2) is 5.65 Å². The van der Waals surface area contributed by atoms with E-state index in [1.54, 1.807) is 11.0 Å². The first-order valence-corrected chi connectivity index (χ1v) is 10.9. The Morgan fingerprint density at radius 1 is 1.15 bits per heavy atom. The number of fused-ring (bicyclic) bond motifs is 1. The molecule has 4 heterocycles. The number of alkyl carbamates (subject to hydrolysis) is 1. The Bertz CT molecular complexity index is 1320. The van der Waals surface area contributed by atoms with Gasteiger partial charge >= 0.3 is 6.09 Å². The molecule has 1 N–H and O–H groups in total. The van der Waals surface area contributed by atoms with Gasteiger partial charge in [-0.15, -0.1) is 0 Å². The van der Waals surface area contributed by atoms with Crippen molar-refractivity contribution < 1.29 is 9.53 Å². The number of amides is 1. The van der Waals surface area contributed by atoms with Gasteiger partial charge in [0.05, 0.1) is 30.4 Å². The molecule has 1 aliphatic rings. The fourth-order valence-electron chi connectivity index (χ4n) is 4.32. The average molecular weight is 447 g/mol. The van der Waals surface area contributed by atoms with Crippen molar-refractivity contribution in [2.45, 2.75) is 19.4 Å². The molecule has 0 aliphatic carbocycles. The molecule has 4 aromatic rings. The van der Waals surface area contributed by atoms with Crippen molar-refractivity contribution in [1.29, 1.82) is 0 Å². The molecule has 0 bridgehead atoms. The summed E-state index contributed by atoms with van der Waals surface area (Å²) in [5, 5.41) is 13.1. The Morgan fingerprint density at radius 2 is 1.91 bits per heavy atom. The average Bonchev–Trinajstić information content (AvgIpc) is 3.35. The lowest BCUT2D eigenvalue weighted by atomic mass is 10.0. The molecule has 1 aliphatic heterocycles. The Balaban J connectivity index is 1.57. The highest BCUT2D eigenvalue weighted by atomic mass is 16.5. The monoisotopic (exact) mass is 446 g/mol.